The molecule has 1 atom stereocenters. The van der Waals surface area contributed by atoms with E-state index in [4.69, 9.17) is 4.52 Å². The molecule has 3 rings (SSSR count). The van der Waals surface area contributed by atoms with Crippen molar-refractivity contribution in [3.8, 4) is 0 Å². The number of nitrogens with zero attached hydrogens (tertiary/aromatic N) is 7. The van der Waals surface area contributed by atoms with Crippen LogP contribution in [0.2, 0.25) is 0 Å². The summed E-state index contributed by atoms with van der Waals surface area (Å²) in [4.78, 5) is 6.96. The molecule has 114 valence electrons. The Kier molecular flexibility index (Phi) is 4.23. The second-order valence-corrected chi connectivity index (χ2v) is 5.77. The average molecular weight is 291 g/mol. The highest BCUT2D eigenvalue weighted by Gasteiger charge is 2.30. The molecule has 1 fully saturated rings. The summed E-state index contributed by atoms with van der Waals surface area (Å²) in [7, 11) is 0. The first-order valence-corrected chi connectivity index (χ1v) is 7.52. The molecule has 1 aliphatic rings. The monoisotopic (exact) mass is 291 g/mol. The summed E-state index contributed by atoms with van der Waals surface area (Å²) < 4.78 is 7.21. The predicted molar refractivity (Wildman–Crippen MR) is 74.4 cm³/mol. The third-order valence-corrected chi connectivity index (χ3v) is 3.85. The first-order valence-electron chi connectivity index (χ1n) is 7.52. The highest BCUT2D eigenvalue weighted by atomic mass is 16.5. The largest absolute Gasteiger partial charge is 0.338 e. The number of aryl methyl sites for hydroxylation is 1. The smallest absolute Gasteiger partial charge is 0.244 e. The number of likely N-dealkylation sites (tertiary alicyclic amines) is 1. The number of aromatic nitrogens is 6. The summed E-state index contributed by atoms with van der Waals surface area (Å²) in [6, 6.07) is 0.263. The van der Waals surface area contributed by atoms with Gasteiger partial charge in [0.15, 0.2) is 5.82 Å². The summed E-state index contributed by atoms with van der Waals surface area (Å²) in [5.74, 6) is 1.86. The minimum atomic E-state index is 0.263. The van der Waals surface area contributed by atoms with Gasteiger partial charge in [0, 0.05) is 19.0 Å². The Balaban J connectivity index is 1.56. The van der Waals surface area contributed by atoms with Crippen molar-refractivity contribution in [3.05, 3.63) is 18.0 Å². The molecule has 0 unspecified atom stereocenters. The SMILES string of the molecule is CC(C)c1noc([C@H]2CCCN2CCCn2cnnn2)n1. The molecule has 0 aromatic carbocycles. The second-order valence-electron chi connectivity index (χ2n) is 5.77. The van der Waals surface area contributed by atoms with E-state index in [9.17, 15) is 0 Å². The normalized spacial score (nSPS) is 19.7. The molecule has 2 aromatic heterocycles. The van der Waals surface area contributed by atoms with E-state index in [0.717, 1.165) is 44.2 Å². The van der Waals surface area contributed by atoms with Crippen LogP contribution in [0.4, 0.5) is 0 Å². The lowest BCUT2D eigenvalue weighted by atomic mass is 10.2. The van der Waals surface area contributed by atoms with Crippen molar-refractivity contribution in [2.24, 2.45) is 0 Å². The molecule has 0 aliphatic carbocycles. The summed E-state index contributed by atoms with van der Waals surface area (Å²) in [6.45, 7) is 7.06. The van der Waals surface area contributed by atoms with Gasteiger partial charge in [-0.25, -0.2) is 4.68 Å². The van der Waals surface area contributed by atoms with Crippen molar-refractivity contribution < 1.29 is 4.52 Å². The van der Waals surface area contributed by atoms with Crippen LogP contribution < -0.4 is 0 Å². The van der Waals surface area contributed by atoms with Gasteiger partial charge < -0.3 is 4.52 Å². The summed E-state index contributed by atoms with van der Waals surface area (Å²) in [5, 5.41) is 15.2. The van der Waals surface area contributed by atoms with E-state index in [2.05, 4.69) is 44.4 Å². The number of hydrogen-bond acceptors (Lipinski definition) is 7. The Morgan fingerprint density at radius 3 is 3.00 bits per heavy atom. The van der Waals surface area contributed by atoms with Crippen LogP contribution in [-0.4, -0.2) is 48.3 Å². The molecule has 1 aliphatic heterocycles. The summed E-state index contributed by atoms with van der Waals surface area (Å²) in [5.41, 5.74) is 0. The van der Waals surface area contributed by atoms with Crippen molar-refractivity contribution in [3.63, 3.8) is 0 Å². The van der Waals surface area contributed by atoms with Gasteiger partial charge in [-0.15, -0.1) is 5.10 Å². The first-order chi connectivity index (χ1) is 10.2. The van der Waals surface area contributed by atoms with Crippen LogP contribution in [0.1, 0.15) is 56.8 Å². The van der Waals surface area contributed by atoms with Gasteiger partial charge in [0.2, 0.25) is 5.89 Å². The fourth-order valence-corrected chi connectivity index (χ4v) is 2.71. The maximum Gasteiger partial charge on any atom is 0.244 e. The second kappa shape index (κ2) is 6.30. The van der Waals surface area contributed by atoms with E-state index < -0.39 is 0 Å². The highest BCUT2D eigenvalue weighted by molar-refractivity contribution is 4.99. The molecule has 0 amide bonds. The molecule has 8 heteroatoms. The molecular formula is C13H21N7O. The third kappa shape index (κ3) is 3.26. The molecule has 2 aromatic rings. The van der Waals surface area contributed by atoms with Gasteiger partial charge in [-0.2, -0.15) is 4.98 Å². The molecule has 1 saturated heterocycles. The zero-order valence-electron chi connectivity index (χ0n) is 12.5. The van der Waals surface area contributed by atoms with Crippen LogP contribution in [0.3, 0.4) is 0 Å². The van der Waals surface area contributed by atoms with E-state index in [1.54, 1.807) is 11.0 Å². The lowest BCUT2D eigenvalue weighted by molar-refractivity contribution is 0.202. The predicted octanol–water partition coefficient (Wildman–Crippen LogP) is 1.41. The molecule has 0 N–H and O–H groups in total. The lowest BCUT2D eigenvalue weighted by Gasteiger charge is -2.21. The average Bonchev–Trinajstić information content (AvgIpc) is 3.20. The lowest BCUT2D eigenvalue weighted by Crippen LogP contribution is -2.25. The number of rotatable bonds is 6. The standard InChI is InChI=1S/C13H21N7O/c1-10(2)12-15-13(21-16-12)11-5-3-6-19(11)7-4-8-20-9-14-17-18-20/h9-11H,3-8H2,1-2H3/t11-/m1/s1. The minimum Gasteiger partial charge on any atom is -0.338 e. The van der Waals surface area contributed by atoms with E-state index in [-0.39, 0.29) is 6.04 Å². The number of hydrogen-bond donors (Lipinski definition) is 0. The summed E-state index contributed by atoms with van der Waals surface area (Å²) in [6.07, 6.45) is 4.92. The maximum absolute atomic E-state index is 5.45. The zero-order chi connectivity index (χ0) is 14.7. The zero-order valence-corrected chi connectivity index (χ0v) is 12.5. The van der Waals surface area contributed by atoms with Crippen LogP contribution in [0.15, 0.2) is 10.9 Å². The van der Waals surface area contributed by atoms with Crippen molar-refractivity contribution in [1.29, 1.82) is 0 Å². The Labute approximate surface area is 123 Å². The quantitative estimate of drug-likeness (QED) is 0.795. The van der Waals surface area contributed by atoms with Crippen molar-refractivity contribution in [1.82, 2.24) is 35.2 Å². The Bertz CT molecular complexity index is 551. The molecule has 3 heterocycles. The van der Waals surface area contributed by atoms with Gasteiger partial charge in [-0.3, -0.25) is 4.90 Å². The van der Waals surface area contributed by atoms with Crippen molar-refractivity contribution in [2.75, 3.05) is 13.1 Å². The van der Waals surface area contributed by atoms with Crippen LogP contribution in [0.5, 0.6) is 0 Å². The summed E-state index contributed by atoms with van der Waals surface area (Å²) >= 11 is 0. The van der Waals surface area contributed by atoms with Gasteiger partial charge in [-0.1, -0.05) is 19.0 Å². The molecule has 0 spiro atoms. The van der Waals surface area contributed by atoms with Crippen LogP contribution in [0.25, 0.3) is 0 Å². The van der Waals surface area contributed by atoms with Crippen molar-refractivity contribution in [2.45, 2.75) is 51.6 Å². The fraction of sp³-hybridized carbons (Fsp3) is 0.769. The van der Waals surface area contributed by atoms with Crippen LogP contribution in [0, 0.1) is 0 Å². The third-order valence-electron chi connectivity index (χ3n) is 3.85. The Morgan fingerprint density at radius 2 is 2.29 bits per heavy atom. The van der Waals surface area contributed by atoms with Crippen molar-refractivity contribution >= 4 is 0 Å². The van der Waals surface area contributed by atoms with Crippen LogP contribution >= 0.6 is 0 Å². The molecule has 0 bridgehead atoms. The minimum absolute atomic E-state index is 0.263. The Morgan fingerprint density at radius 1 is 1.38 bits per heavy atom. The van der Waals surface area contributed by atoms with Crippen LogP contribution in [-0.2, 0) is 6.54 Å². The molecule has 8 nitrogen and oxygen atoms in total. The molecular weight excluding hydrogens is 270 g/mol. The van der Waals surface area contributed by atoms with E-state index in [1.165, 1.54) is 6.42 Å². The van der Waals surface area contributed by atoms with E-state index >= 15 is 0 Å². The van der Waals surface area contributed by atoms with E-state index in [0.29, 0.717) is 5.92 Å². The molecule has 21 heavy (non-hydrogen) atoms. The Hall–Kier alpha value is -1.83. The fourth-order valence-electron chi connectivity index (χ4n) is 2.71. The van der Waals surface area contributed by atoms with Gasteiger partial charge >= 0.3 is 0 Å². The molecule has 0 saturated carbocycles. The maximum atomic E-state index is 5.45. The highest BCUT2D eigenvalue weighted by Crippen LogP contribution is 2.31. The van der Waals surface area contributed by atoms with Gasteiger partial charge in [-0.05, 0) is 36.2 Å². The van der Waals surface area contributed by atoms with Gasteiger partial charge in [0.05, 0.1) is 6.04 Å². The van der Waals surface area contributed by atoms with Gasteiger partial charge in [0.1, 0.15) is 6.33 Å². The van der Waals surface area contributed by atoms with Gasteiger partial charge in [0.25, 0.3) is 0 Å². The van der Waals surface area contributed by atoms with E-state index in [1.807, 2.05) is 0 Å². The molecule has 0 radical (unpaired) electrons. The first kappa shape index (κ1) is 14.1. The topological polar surface area (TPSA) is 85.8 Å². The number of tetrazole rings is 1.